The van der Waals surface area contributed by atoms with Gasteiger partial charge in [0.1, 0.15) is 24.2 Å². The quantitative estimate of drug-likeness (QED) is 0.0406. The van der Waals surface area contributed by atoms with Crippen molar-refractivity contribution in [2.45, 2.75) is 187 Å². The number of ether oxygens (including phenoxy) is 2. The molecule has 0 radical (unpaired) electrons. The highest BCUT2D eigenvalue weighted by Crippen LogP contribution is 2.17. The summed E-state index contributed by atoms with van der Waals surface area (Å²) >= 11 is 0. The molecule has 1 rings (SSSR count). The first-order valence-electron chi connectivity index (χ1n) is 26.1. The number of hydrogen-bond donors (Lipinski definition) is 9. The van der Waals surface area contributed by atoms with Gasteiger partial charge in [0, 0.05) is 51.9 Å². The number of benzene rings is 1. The van der Waals surface area contributed by atoms with Crippen molar-refractivity contribution in [1.29, 1.82) is 0 Å². The zero-order valence-corrected chi connectivity index (χ0v) is 43.3. The van der Waals surface area contributed by atoms with Crippen LogP contribution in [-0.2, 0) is 49.5 Å². The lowest BCUT2D eigenvalue weighted by Crippen LogP contribution is -2.49. The molecule has 5 amide bonds. The van der Waals surface area contributed by atoms with E-state index in [9.17, 15) is 43.8 Å². The summed E-state index contributed by atoms with van der Waals surface area (Å²) in [5.74, 6) is -2.63. The first-order valence-corrected chi connectivity index (χ1v) is 26.1. The Bertz CT molecular complexity index is 1570. The van der Waals surface area contributed by atoms with E-state index in [1.807, 2.05) is 6.92 Å². The zero-order valence-electron chi connectivity index (χ0n) is 43.3. The minimum atomic E-state index is -1.11. The van der Waals surface area contributed by atoms with Gasteiger partial charge in [-0.2, -0.15) is 0 Å². The highest BCUT2D eigenvalue weighted by atomic mass is 16.5. The van der Waals surface area contributed by atoms with Crippen molar-refractivity contribution < 1.29 is 53.2 Å². The molecule has 4 atom stereocenters. The average molecular weight is 992 g/mol. The van der Waals surface area contributed by atoms with Gasteiger partial charge in [0.05, 0.1) is 38.4 Å². The van der Waals surface area contributed by atoms with Gasteiger partial charge in [0.25, 0.3) is 0 Å². The molecule has 0 fully saturated rings. The SMILES string of the molecule is CCC(=O)NCCCCCCCCCCC(=O)NCCCC[C@H](CC(=O)[C@@H](C)NC(=O)[C@@H](N)Cc1ccc(O)cc1)C(=O)CN[C@@H](CO)C(N)=O.CCCCCCCCCCNC(=O)COCCOC. The van der Waals surface area contributed by atoms with Crippen molar-refractivity contribution in [1.82, 2.24) is 26.6 Å². The van der Waals surface area contributed by atoms with Gasteiger partial charge >= 0.3 is 0 Å². The number of hydrogen-bond acceptors (Lipinski definition) is 13. The summed E-state index contributed by atoms with van der Waals surface area (Å²) in [6.07, 6.45) is 21.2. The minimum absolute atomic E-state index is 0.0224. The van der Waals surface area contributed by atoms with Crippen LogP contribution in [0.4, 0.5) is 0 Å². The van der Waals surface area contributed by atoms with Gasteiger partial charge in [0.2, 0.25) is 29.5 Å². The second-order valence-electron chi connectivity index (χ2n) is 18.1. The Kier molecular flexibility index (Phi) is 41.6. The number of primary amides is 1. The molecule has 11 N–H and O–H groups in total. The number of aliphatic hydroxyl groups excluding tert-OH is 1. The number of unbranched alkanes of at least 4 members (excludes halogenated alkanes) is 15. The number of nitrogens with two attached hydrogens (primary N) is 2. The van der Waals surface area contributed by atoms with Crippen molar-refractivity contribution in [2.24, 2.45) is 17.4 Å². The predicted octanol–water partition coefficient (Wildman–Crippen LogP) is 4.58. The Labute approximate surface area is 419 Å². The van der Waals surface area contributed by atoms with Gasteiger partial charge in [-0.1, -0.05) is 116 Å². The lowest BCUT2D eigenvalue weighted by molar-refractivity contribution is -0.131. The van der Waals surface area contributed by atoms with Crippen molar-refractivity contribution in [2.75, 3.05) is 59.7 Å². The monoisotopic (exact) mass is 992 g/mol. The number of aromatic hydroxyl groups is 1. The van der Waals surface area contributed by atoms with E-state index in [1.54, 1.807) is 19.2 Å². The number of carbonyl (C=O) groups excluding carboxylic acids is 7. The number of phenolic OH excluding ortho intramolecular Hbond substituents is 1. The van der Waals surface area contributed by atoms with E-state index in [0.717, 1.165) is 76.4 Å². The number of nitrogens with one attached hydrogen (secondary N) is 5. The molecular weight excluding hydrogens is 899 g/mol. The second-order valence-corrected chi connectivity index (χ2v) is 18.1. The van der Waals surface area contributed by atoms with Crippen LogP contribution in [-0.4, -0.2) is 129 Å². The third kappa shape index (κ3) is 37.4. The molecule has 0 saturated heterocycles. The molecular formula is C52H93N7O11. The van der Waals surface area contributed by atoms with Crippen LogP contribution in [0.5, 0.6) is 5.75 Å². The Hall–Kier alpha value is -4.49. The molecule has 0 aliphatic heterocycles. The third-order valence-electron chi connectivity index (χ3n) is 11.8. The molecule has 1 aromatic carbocycles. The summed E-state index contributed by atoms with van der Waals surface area (Å²) < 4.78 is 9.96. The predicted molar refractivity (Wildman–Crippen MR) is 274 cm³/mol. The van der Waals surface area contributed by atoms with Gasteiger partial charge in [-0.05, 0) is 63.1 Å². The molecule has 70 heavy (non-hydrogen) atoms. The molecule has 402 valence electrons. The standard InChI is InChI=1S/C37H62N6O8.C15H31NO3/c1-3-34(48)40-20-12-9-7-5-4-6-8-10-15-35(49)41-21-13-11-14-28(33(47)24-42-31(25-44)36(39)50)23-32(46)26(2)43-37(51)30(38)22-27-16-18-29(45)19-17-27;1-3-4-5-6-7-8-9-10-11-16-15(17)14-19-13-12-18-2/h16-19,26,28,30-31,42,44-45H,3-15,20-25,38H2,1-2H3,(H2,39,50)(H,40,48)(H,41,49)(H,43,51);3-14H2,1-2H3,(H,16,17)/t26-,28-,30+,31+;/m1./s1. The molecule has 0 spiro atoms. The van der Waals surface area contributed by atoms with E-state index in [4.69, 9.17) is 20.9 Å². The normalized spacial score (nSPS) is 12.7. The van der Waals surface area contributed by atoms with E-state index >= 15 is 0 Å². The van der Waals surface area contributed by atoms with Gasteiger partial charge in [-0.25, -0.2) is 0 Å². The number of methoxy groups -OCH3 is 1. The number of rotatable bonds is 44. The van der Waals surface area contributed by atoms with Crippen molar-refractivity contribution in [3.05, 3.63) is 29.8 Å². The van der Waals surface area contributed by atoms with Crippen LogP contribution in [0.3, 0.4) is 0 Å². The van der Waals surface area contributed by atoms with E-state index in [-0.39, 0.29) is 61.0 Å². The largest absolute Gasteiger partial charge is 0.508 e. The van der Waals surface area contributed by atoms with Crippen LogP contribution in [0.25, 0.3) is 0 Å². The number of phenols is 1. The minimum Gasteiger partial charge on any atom is -0.508 e. The van der Waals surface area contributed by atoms with Crippen molar-refractivity contribution in [3.63, 3.8) is 0 Å². The van der Waals surface area contributed by atoms with E-state index < -0.39 is 42.5 Å². The molecule has 0 aliphatic carbocycles. The Morgan fingerprint density at radius 3 is 1.74 bits per heavy atom. The highest BCUT2D eigenvalue weighted by Gasteiger charge is 2.27. The molecule has 0 aromatic heterocycles. The van der Waals surface area contributed by atoms with Crippen LogP contribution in [0.15, 0.2) is 24.3 Å². The van der Waals surface area contributed by atoms with Crippen LogP contribution < -0.4 is 38.1 Å². The topological polar surface area (TPSA) is 291 Å². The Morgan fingerprint density at radius 1 is 0.671 bits per heavy atom. The molecule has 0 heterocycles. The molecule has 18 nitrogen and oxygen atoms in total. The molecule has 1 aromatic rings. The van der Waals surface area contributed by atoms with E-state index in [1.165, 1.54) is 64.0 Å². The Balaban J connectivity index is 0.00000210. The summed E-state index contributed by atoms with van der Waals surface area (Å²) in [5, 5.41) is 32.7. The zero-order chi connectivity index (χ0) is 52.2. The number of ketones is 2. The number of aliphatic hydroxyl groups is 1. The van der Waals surface area contributed by atoms with Crippen LogP contribution >= 0.6 is 0 Å². The van der Waals surface area contributed by atoms with Gasteiger partial charge in [-0.3, -0.25) is 38.9 Å². The fourth-order valence-electron chi connectivity index (χ4n) is 7.30. The maximum Gasteiger partial charge on any atom is 0.245 e. The highest BCUT2D eigenvalue weighted by molar-refractivity contribution is 5.94. The fraction of sp³-hybridized carbons (Fsp3) is 0.750. The molecule has 0 bridgehead atoms. The maximum atomic E-state index is 13.1. The van der Waals surface area contributed by atoms with Crippen LogP contribution in [0.1, 0.15) is 168 Å². The second kappa shape index (κ2) is 44.5. The van der Waals surface area contributed by atoms with Crippen molar-refractivity contribution in [3.8, 4) is 5.75 Å². The smallest absolute Gasteiger partial charge is 0.245 e. The van der Waals surface area contributed by atoms with E-state index in [0.29, 0.717) is 51.9 Å². The van der Waals surface area contributed by atoms with Crippen molar-refractivity contribution >= 4 is 41.1 Å². The number of carbonyl (C=O) groups is 7. The molecule has 0 saturated carbocycles. The Morgan fingerprint density at radius 2 is 1.20 bits per heavy atom. The molecule has 0 unspecified atom stereocenters. The summed E-state index contributed by atoms with van der Waals surface area (Å²) in [7, 11) is 1.62. The maximum absolute atomic E-state index is 13.1. The summed E-state index contributed by atoms with van der Waals surface area (Å²) in [6, 6.07) is 3.34. The number of Topliss-reactive ketones (excluding diaryl/α,β-unsaturated/α-hetero) is 2. The summed E-state index contributed by atoms with van der Waals surface area (Å²) in [6.45, 7) is 7.83. The average Bonchev–Trinajstić information content (AvgIpc) is 3.34. The summed E-state index contributed by atoms with van der Waals surface area (Å²) in [4.78, 5) is 85.3. The lowest BCUT2D eigenvalue weighted by Gasteiger charge is -2.21. The third-order valence-corrected chi connectivity index (χ3v) is 11.8. The van der Waals surface area contributed by atoms with E-state index in [2.05, 4.69) is 33.5 Å². The number of amides is 5. The molecule has 18 heteroatoms. The van der Waals surface area contributed by atoms with Gasteiger partial charge in [-0.15, -0.1) is 0 Å². The summed E-state index contributed by atoms with van der Waals surface area (Å²) in [5.41, 5.74) is 12.0. The molecule has 0 aliphatic rings. The van der Waals surface area contributed by atoms with Gasteiger partial charge in [0.15, 0.2) is 5.78 Å². The first-order chi connectivity index (χ1) is 33.7. The lowest BCUT2D eigenvalue weighted by atomic mass is 9.90. The first kappa shape index (κ1) is 65.5. The van der Waals surface area contributed by atoms with Crippen LogP contribution in [0, 0.1) is 5.92 Å². The van der Waals surface area contributed by atoms with Gasteiger partial charge < -0.3 is 52.4 Å². The van der Waals surface area contributed by atoms with Crippen LogP contribution in [0.2, 0.25) is 0 Å². The fourth-order valence-corrected chi connectivity index (χ4v) is 7.30.